The Labute approximate surface area is 123 Å². The van der Waals surface area contributed by atoms with Gasteiger partial charge >= 0.3 is 0 Å². The van der Waals surface area contributed by atoms with E-state index in [4.69, 9.17) is 0 Å². The molecule has 3 unspecified atom stereocenters. The minimum atomic E-state index is -0.391. The van der Waals surface area contributed by atoms with E-state index in [0.29, 0.717) is 12.1 Å². The van der Waals surface area contributed by atoms with E-state index in [1.54, 1.807) is 0 Å². The lowest BCUT2D eigenvalue weighted by Crippen LogP contribution is -2.55. The van der Waals surface area contributed by atoms with Gasteiger partial charge < -0.3 is 5.11 Å². The summed E-state index contributed by atoms with van der Waals surface area (Å²) in [5.41, 5.74) is 3.47. The van der Waals surface area contributed by atoms with Crippen molar-refractivity contribution in [3.8, 4) is 0 Å². The Hall–Kier alpha value is -0.900. The quantitative estimate of drug-likeness (QED) is 0.918. The Kier molecular flexibility index (Phi) is 4.84. The summed E-state index contributed by atoms with van der Waals surface area (Å²) in [5, 5.41) is 10.6. The van der Waals surface area contributed by atoms with Gasteiger partial charge in [-0.15, -0.1) is 0 Å². The summed E-state index contributed by atoms with van der Waals surface area (Å²) in [4.78, 5) is 4.81. The molecule has 3 heteroatoms. The molecule has 0 aromatic heterocycles. The number of hydrogen-bond acceptors (Lipinski definition) is 3. The number of β-amino-alcohol motifs (C(OH)–C–C–N with tert-alkyl or cyclic N) is 1. The molecular formula is C17H28N2O. The maximum absolute atomic E-state index is 10.6. The molecule has 0 bridgehead atoms. The third-order valence-electron chi connectivity index (χ3n) is 4.66. The van der Waals surface area contributed by atoms with Crippen LogP contribution in [0.5, 0.6) is 0 Å². The number of likely N-dealkylation sites (N-methyl/N-ethyl adjacent to an activating group) is 1. The zero-order valence-corrected chi connectivity index (χ0v) is 13.4. The van der Waals surface area contributed by atoms with Gasteiger partial charge in [-0.3, -0.25) is 9.80 Å². The molecule has 0 aliphatic carbocycles. The van der Waals surface area contributed by atoms with Gasteiger partial charge in [-0.1, -0.05) is 23.8 Å². The molecule has 2 rings (SSSR count). The predicted molar refractivity (Wildman–Crippen MR) is 84.0 cm³/mol. The molecule has 0 spiro atoms. The van der Waals surface area contributed by atoms with Crippen molar-refractivity contribution >= 4 is 0 Å². The molecule has 0 radical (unpaired) electrons. The van der Waals surface area contributed by atoms with Crippen LogP contribution in [-0.2, 0) is 0 Å². The molecule has 1 aliphatic heterocycles. The van der Waals surface area contributed by atoms with E-state index in [1.807, 2.05) is 0 Å². The SMILES string of the molecule is Cc1ccc(C)c(C(O)CN2CC(C)N(C)C(C)C2)c1. The molecule has 1 fully saturated rings. The second kappa shape index (κ2) is 6.25. The van der Waals surface area contributed by atoms with Crippen LogP contribution >= 0.6 is 0 Å². The molecule has 112 valence electrons. The van der Waals surface area contributed by atoms with Gasteiger partial charge in [-0.2, -0.15) is 0 Å². The largest absolute Gasteiger partial charge is 0.387 e. The fourth-order valence-electron chi connectivity index (χ4n) is 3.12. The summed E-state index contributed by atoms with van der Waals surface area (Å²) >= 11 is 0. The van der Waals surface area contributed by atoms with Gasteiger partial charge in [0.25, 0.3) is 0 Å². The molecular weight excluding hydrogens is 248 g/mol. The molecule has 3 nitrogen and oxygen atoms in total. The number of nitrogens with zero attached hydrogens (tertiary/aromatic N) is 2. The van der Waals surface area contributed by atoms with E-state index in [9.17, 15) is 5.11 Å². The van der Waals surface area contributed by atoms with Crippen LogP contribution in [0.4, 0.5) is 0 Å². The lowest BCUT2D eigenvalue weighted by Gasteiger charge is -2.43. The first-order chi connectivity index (χ1) is 9.38. The average Bonchev–Trinajstić information content (AvgIpc) is 2.38. The van der Waals surface area contributed by atoms with Crippen LogP contribution in [0, 0.1) is 13.8 Å². The van der Waals surface area contributed by atoms with E-state index >= 15 is 0 Å². The standard InChI is InChI=1S/C17H28N2O/c1-12-6-7-13(2)16(8-12)17(20)11-19-9-14(3)18(5)15(4)10-19/h6-8,14-15,17,20H,9-11H2,1-5H3. The van der Waals surface area contributed by atoms with E-state index < -0.39 is 6.10 Å². The number of aliphatic hydroxyl groups is 1. The normalized spacial score (nSPS) is 26.7. The molecule has 1 heterocycles. The van der Waals surface area contributed by atoms with Crippen LogP contribution in [0.25, 0.3) is 0 Å². The van der Waals surface area contributed by atoms with Crippen LogP contribution in [0.2, 0.25) is 0 Å². The highest BCUT2D eigenvalue weighted by Gasteiger charge is 2.27. The van der Waals surface area contributed by atoms with Gasteiger partial charge in [0.05, 0.1) is 6.10 Å². The molecule has 1 saturated heterocycles. The molecule has 1 aliphatic rings. The monoisotopic (exact) mass is 276 g/mol. The van der Waals surface area contributed by atoms with Crippen molar-refractivity contribution in [3.63, 3.8) is 0 Å². The molecule has 0 saturated carbocycles. The Morgan fingerprint density at radius 2 is 1.80 bits per heavy atom. The molecule has 3 atom stereocenters. The number of rotatable bonds is 3. The Balaban J connectivity index is 2.04. The minimum Gasteiger partial charge on any atom is -0.387 e. The van der Waals surface area contributed by atoms with Crippen molar-refractivity contribution in [3.05, 3.63) is 34.9 Å². The lowest BCUT2D eigenvalue weighted by atomic mass is 9.99. The Morgan fingerprint density at radius 1 is 1.20 bits per heavy atom. The van der Waals surface area contributed by atoms with Crippen LogP contribution in [0.1, 0.15) is 36.6 Å². The molecule has 1 aromatic rings. The van der Waals surface area contributed by atoms with Gasteiger partial charge in [-0.05, 0) is 45.9 Å². The van der Waals surface area contributed by atoms with Gasteiger partial charge in [-0.25, -0.2) is 0 Å². The van der Waals surface area contributed by atoms with E-state index in [1.165, 1.54) is 11.1 Å². The van der Waals surface area contributed by atoms with Crippen molar-refractivity contribution < 1.29 is 5.11 Å². The van der Waals surface area contributed by atoms with E-state index in [2.05, 4.69) is 62.7 Å². The summed E-state index contributed by atoms with van der Waals surface area (Å²) < 4.78 is 0. The van der Waals surface area contributed by atoms with Gasteiger partial charge in [0.15, 0.2) is 0 Å². The fraction of sp³-hybridized carbons (Fsp3) is 0.647. The first-order valence-corrected chi connectivity index (χ1v) is 7.58. The first-order valence-electron chi connectivity index (χ1n) is 7.58. The van der Waals surface area contributed by atoms with Crippen LogP contribution in [0.3, 0.4) is 0 Å². The summed E-state index contributed by atoms with van der Waals surface area (Å²) in [7, 11) is 2.19. The molecule has 20 heavy (non-hydrogen) atoms. The van der Waals surface area contributed by atoms with Crippen molar-refractivity contribution in [2.75, 3.05) is 26.7 Å². The highest BCUT2D eigenvalue weighted by Crippen LogP contribution is 2.22. The van der Waals surface area contributed by atoms with Gasteiger partial charge in [0.2, 0.25) is 0 Å². The van der Waals surface area contributed by atoms with Gasteiger partial charge in [0.1, 0.15) is 0 Å². The topological polar surface area (TPSA) is 26.7 Å². The highest BCUT2D eigenvalue weighted by molar-refractivity contribution is 5.32. The number of aliphatic hydroxyl groups excluding tert-OH is 1. The first kappa shape index (κ1) is 15.5. The van der Waals surface area contributed by atoms with Crippen molar-refractivity contribution in [1.29, 1.82) is 0 Å². The summed E-state index contributed by atoms with van der Waals surface area (Å²) in [6.07, 6.45) is -0.391. The summed E-state index contributed by atoms with van der Waals surface area (Å²) in [6.45, 7) is 11.5. The third kappa shape index (κ3) is 3.40. The Morgan fingerprint density at radius 3 is 2.40 bits per heavy atom. The van der Waals surface area contributed by atoms with Gasteiger partial charge in [0, 0.05) is 31.7 Å². The number of aryl methyl sites for hydroxylation is 2. The van der Waals surface area contributed by atoms with Crippen LogP contribution in [-0.4, -0.2) is 53.7 Å². The number of hydrogen-bond donors (Lipinski definition) is 1. The van der Waals surface area contributed by atoms with Crippen molar-refractivity contribution in [2.24, 2.45) is 0 Å². The molecule has 0 amide bonds. The highest BCUT2D eigenvalue weighted by atomic mass is 16.3. The zero-order chi connectivity index (χ0) is 14.9. The zero-order valence-electron chi connectivity index (χ0n) is 13.4. The van der Waals surface area contributed by atoms with Crippen molar-refractivity contribution in [1.82, 2.24) is 9.80 Å². The van der Waals surface area contributed by atoms with Crippen LogP contribution in [0.15, 0.2) is 18.2 Å². The third-order valence-corrected chi connectivity index (χ3v) is 4.66. The lowest BCUT2D eigenvalue weighted by molar-refractivity contribution is 0.0280. The number of piperazine rings is 1. The van der Waals surface area contributed by atoms with E-state index in [-0.39, 0.29) is 0 Å². The summed E-state index contributed by atoms with van der Waals surface area (Å²) in [6, 6.07) is 7.41. The predicted octanol–water partition coefficient (Wildman–Crippen LogP) is 2.36. The summed E-state index contributed by atoms with van der Waals surface area (Å²) in [5.74, 6) is 0. The second-order valence-electron chi connectivity index (χ2n) is 6.46. The minimum absolute atomic E-state index is 0.391. The fourth-order valence-corrected chi connectivity index (χ4v) is 3.12. The average molecular weight is 276 g/mol. The van der Waals surface area contributed by atoms with E-state index in [0.717, 1.165) is 25.2 Å². The maximum atomic E-state index is 10.6. The van der Waals surface area contributed by atoms with Crippen LogP contribution < -0.4 is 0 Å². The second-order valence-corrected chi connectivity index (χ2v) is 6.46. The van der Waals surface area contributed by atoms with Crippen molar-refractivity contribution in [2.45, 2.75) is 45.9 Å². The maximum Gasteiger partial charge on any atom is 0.0919 e. The Bertz CT molecular complexity index is 448. The number of benzene rings is 1. The molecule has 1 N–H and O–H groups in total. The smallest absolute Gasteiger partial charge is 0.0919 e. The molecule has 1 aromatic carbocycles.